The minimum atomic E-state index is 1.08. The average molecular weight is 848 g/mol. The van der Waals surface area contributed by atoms with E-state index in [0.29, 0.717) is 0 Å². The Morgan fingerprint density at radius 1 is 0.370 bits per heavy atom. The second-order valence-electron chi connectivity index (χ2n) is 11.4. The zero-order valence-electron chi connectivity index (χ0n) is 24.4. The molecule has 4 heteroatoms. The molecular formula is C42H24Br4. The summed E-state index contributed by atoms with van der Waals surface area (Å²) in [5.74, 6) is 0. The van der Waals surface area contributed by atoms with Crippen LogP contribution in [-0.2, 0) is 0 Å². The van der Waals surface area contributed by atoms with E-state index in [1.807, 2.05) is 0 Å². The molecule has 0 fully saturated rings. The van der Waals surface area contributed by atoms with Crippen molar-refractivity contribution in [3.05, 3.63) is 190 Å². The highest BCUT2D eigenvalue weighted by molar-refractivity contribution is 9.15. The van der Waals surface area contributed by atoms with Crippen molar-refractivity contribution in [3.8, 4) is 0 Å². The van der Waals surface area contributed by atoms with E-state index in [1.165, 1.54) is 66.4 Å². The maximum Gasteiger partial charge on any atom is 0.0339 e. The molecule has 0 atom stereocenters. The molecule has 0 nitrogen and oxygen atoms in total. The Balaban J connectivity index is 1.40. The molecule has 0 unspecified atom stereocenters. The number of halogens is 4. The van der Waals surface area contributed by atoms with Gasteiger partial charge in [-0.05, 0) is 143 Å². The van der Waals surface area contributed by atoms with Gasteiger partial charge in [0, 0.05) is 40.2 Å². The van der Waals surface area contributed by atoms with Crippen LogP contribution in [0.25, 0.3) is 51.0 Å². The normalized spacial score (nSPS) is 16.2. The number of rotatable bonds is 4. The van der Waals surface area contributed by atoms with Gasteiger partial charge in [0.25, 0.3) is 0 Å². The lowest BCUT2D eigenvalue weighted by Crippen LogP contribution is -1.92. The highest BCUT2D eigenvalue weighted by Gasteiger charge is 2.32. The molecule has 6 aromatic carbocycles. The Labute approximate surface area is 302 Å². The zero-order chi connectivity index (χ0) is 31.4. The molecule has 2 aliphatic carbocycles. The Bertz CT molecular complexity index is 2130. The Morgan fingerprint density at radius 3 is 1.02 bits per heavy atom. The first kappa shape index (κ1) is 29.8. The van der Waals surface area contributed by atoms with Gasteiger partial charge in [0.2, 0.25) is 0 Å². The van der Waals surface area contributed by atoms with E-state index in [1.54, 1.807) is 0 Å². The van der Waals surface area contributed by atoms with E-state index < -0.39 is 0 Å². The highest BCUT2D eigenvalue weighted by atomic mass is 79.9. The van der Waals surface area contributed by atoms with Crippen LogP contribution in [0.5, 0.6) is 0 Å². The summed E-state index contributed by atoms with van der Waals surface area (Å²) in [6.45, 7) is 0. The number of hydrogen-bond acceptors (Lipinski definition) is 0. The van der Waals surface area contributed by atoms with Crippen LogP contribution in [0.1, 0.15) is 44.5 Å². The van der Waals surface area contributed by atoms with Crippen LogP contribution in [0.2, 0.25) is 0 Å². The molecule has 0 saturated heterocycles. The molecule has 0 amide bonds. The van der Waals surface area contributed by atoms with Crippen molar-refractivity contribution >= 4 is 115 Å². The Kier molecular flexibility index (Phi) is 7.94. The fourth-order valence-corrected chi connectivity index (χ4v) is 9.41. The van der Waals surface area contributed by atoms with Crippen molar-refractivity contribution in [3.63, 3.8) is 0 Å². The molecule has 0 aromatic heterocycles. The summed E-state index contributed by atoms with van der Waals surface area (Å²) >= 11 is 16.3. The highest BCUT2D eigenvalue weighted by Crippen LogP contribution is 2.56. The van der Waals surface area contributed by atoms with Crippen LogP contribution in [0.3, 0.4) is 0 Å². The van der Waals surface area contributed by atoms with Crippen LogP contribution in [0.4, 0.5) is 0 Å². The monoisotopic (exact) mass is 844 g/mol. The first-order chi connectivity index (χ1) is 22.5. The van der Waals surface area contributed by atoms with Crippen molar-refractivity contribution in [2.24, 2.45) is 0 Å². The quantitative estimate of drug-likeness (QED) is 0.166. The van der Waals surface area contributed by atoms with Crippen molar-refractivity contribution in [1.29, 1.82) is 0 Å². The summed E-state index contributed by atoms with van der Waals surface area (Å²) in [7, 11) is 0. The largest absolute Gasteiger partial charge is 0.0622 e. The van der Waals surface area contributed by atoms with Crippen LogP contribution < -0.4 is 0 Å². The summed E-state index contributed by atoms with van der Waals surface area (Å²) < 4.78 is 4.36. The zero-order valence-corrected chi connectivity index (χ0v) is 30.7. The minimum Gasteiger partial charge on any atom is -0.0622 e. The molecule has 0 radical (unpaired) electrons. The molecule has 6 aromatic rings. The fraction of sp³-hybridized carbons (Fsp3) is 0. The standard InChI is InChI=1S/C42H24Br4/c43-39(27-17-9-3-10-18-27)37-31-21-29-24-34-32(22-30(29)23-33(31)41(45)35(37)25-13-5-1-6-14-25)38(40(44)28-19-11-4-12-20-28)36(42(34)46)26-15-7-2-8-16-26/h1-24H/b39-37-,40-38-. The van der Waals surface area contributed by atoms with Gasteiger partial charge in [-0.15, -0.1) is 0 Å². The summed E-state index contributed by atoms with van der Waals surface area (Å²) in [6, 6.07) is 51.8. The van der Waals surface area contributed by atoms with Crippen LogP contribution in [-0.4, -0.2) is 0 Å². The van der Waals surface area contributed by atoms with Crippen LogP contribution in [0.15, 0.2) is 146 Å². The van der Waals surface area contributed by atoms with Crippen LogP contribution in [0, 0.1) is 0 Å². The van der Waals surface area contributed by atoms with Gasteiger partial charge in [-0.2, -0.15) is 0 Å². The Hall–Kier alpha value is -3.54. The van der Waals surface area contributed by atoms with E-state index in [9.17, 15) is 0 Å². The van der Waals surface area contributed by atoms with E-state index in [4.69, 9.17) is 0 Å². The predicted molar refractivity (Wildman–Crippen MR) is 213 cm³/mol. The lowest BCUT2D eigenvalue weighted by atomic mass is 9.91. The molecule has 8 rings (SSSR count). The van der Waals surface area contributed by atoms with E-state index in [0.717, 1.165) is 29.1 Å². The van der Waals surface area contributed by atoms with Gasteiger partial charge in [0.05, 0.1) is 0 Å². The Morgan fingerprint density at radius 2 is 0.674 bits per heavy atom. The molecule has 46 heavy (non-hydrogen) atoms. The van der Waals surface area contributed by atoms with Gasteiger partial charge in [-0.1, -0.05) is 121 Å². The third-order valence-corrected chi connectivity index (χ3v) is 12.0. The molecule has 220 valence electrons. The molecule has 0 saturated carbocycles. The number of benzene rings is 6. The third kappa shape index (κ3) is 4.98. The summed E-state index contributed by atoms with van der Waals surface area (Å²) in [6.07, 6.45) is 0. The lowest BCUT2D eigenvalue weighted by molar-refractivity contribution is 1.60. The fourth-order valence-electron chi connectivity index (χ4n) is 6.55. The van der Waals surface area contributed by atoms with E-state index in [-0.39, 0.29) is 0 Å². The topological polar surface area (TPSA) is 0 Å². The first-order valence-corrected chi connectivity index (χ1v) is 18.1. The molecule has 2 aliphatic rings. The van der Waals surface area contributed by atoms with Crippen molar-refractivity contribution < 1.29 is 0 Å². The lowest BCUT2D eigenvalue weighted by Gasteiger charge is -2.14. The molecule has 0 bridgehead atoms. The maximum atomic E-state index is 4.08. The van der Waals surface area contributed by atoms with E-state index >= 15 is 0 Å². The molecular weight excluding hydrogens is 824 g/mol. The van der Waals surface area contributed by atoms with Crippen molar-refractivity contribution in [2.45, 2.75) is 0 Å². The summed E-state index contributed by atoms with van der Waals surface area (Å²) in [5.41, 5.74) is 14.2. The van der Waals surface area contributed by atoms with Gasteiger partial charge in [-0.3, -0.25) is 0 Å². The van der Waals surface area contributed by atoms with Gasteiger partial charge >= 0.3 is 0 Å². The predicted octanol–water partition coefficient (Wildman–Crippen LogP) is 13.9. The molecule has 0 aliphatic heterocycles. The molecule has 0 spiro atoms. The molecule has 0 heterocycles. The number of fused-ring (bicyclic) bond motifs is 3. The summed E-state index contributed by atoms with van der Waals surface area (Å²) in [5, 5.41) is 2.39. The van der Waals surface area contributed by atoms with Crippen molar-refractivity contribution in [1.82, 2.24) is 0 Å². The van der Waals surface area contributed by atoms with Gasteiger partial charge in [0.15, 0.2) is 0 Å². The maximum absolute atomic E-state index is 4.08. The van der Waals surface area contributed by atoms with Crippen LogP contribution >= 0.6 is 63.7 Å². The third-order valence-electron chi connectivity index (χ3n) is 8.68. The smallest absolute Gasteiger partial charge is 0.0339 e. The van der Waals surface area contributed by atoms with Gasteiger partial charge < -0.3 is 0 Å². The van der Waals surface area contributed by atoms with Crippen molar-refractivity contribution in [2.75, 3.05) is 0 Å². The number of allylic oxidation sites excluding steroid dienone is 4. The second kappa shape index (κ2) is 12.2. The first-order valence-electron chi connectivity index (χ1n) is 15.0. The number of hydrogen-bond donors (Lipinski definition) is 0. The van der Waals surface area contributed by atoms with Gasteiger partial charge in [-0.25, -0.2) is 0 Å². The summed E-state index contributed by atoms with van der Waals surface area (Å²) in [4.78, 5) is 0. The average Bonchev–Trinajstić information content (AvgIpc) is 3.56. The second-order valence-corrected chi connectivity index (χ2v) is 14.5. The van der Waals surface area contributed by atoms with E-state index in [2.05, 4.69) is 209 Å². The molecule has 0 N–H and O–H groups in total. The minimum absolute atomic E-state index is 1.08. The SMILES string of the molecule is BrC1=C(c2ccccc2)/C(=C(\Br)c2ccccc2)c2cc3cc4c(cc3cc21)/C(=C(/Br)c1ccccc1)C(c1ccccc1)=C4Br. The van der Waals surface area contributed by atoms with Gasteiger partial charge in [0.1, 0.15) is 0 Å².